The van der Waals surface area contributed by atoms with Gasteiger partial charge in [0.15, 0.2) is 12.4 Å². The summed E-state index contributed by atoms with van der Waals surface area (Å²) in [5.74, 6) is 1.26. The number of rotatable bonds is 6. The first-order valence-electron chi connectivity index (χ1n) is 10.1. The Balaban J connectivity index is 1.31. The summed E-state index contributed by atoms with van der Waals surface area (Å²) in [6.07, 6.45) is 0. The quantitative estimate of drug-likeness (QED) is 0.635. The molecule has 1 aliphatic rings. The van der Waals surface area contributed by atoms with Crippen molar-refractivity contribution in [3.05, 3.63) is 65.7 Å². The molecule has 0 aliphatic carbocycles. The Labute approximate surface area is 186 Å². The number of anilines is 2. The minimum atomic E-state index is -0.237. The number of ether oxygens (including phenoxy) is 1. The second kappa shape index (κ2) is 9.76. The molecule has 0 saturated carbocycles. The van der Waals surface area contributed by atoms with Crippen molar-refractivity contribution in [1.29, 1.82) is 0 Å². The van der Waals surface area contributed by atoms with E-state index in [1.165, 1.54) is 0 Å². The predicted molar refractivity (Wildman–Crippen MR) is 123 cm³/mol. The van der Waals surface area contributed by atoms with Gasteiger partial charge >= 0.3 is 0 Å². The van der Waals surface area contributed by atoms with Gasteiger partial charge in [0.2, 0.25) is 0 Å². The van der Waals surface area contributed by atoms with Gasteiger partial charge < -0.3 is 19.9 Å². The Morgan fingerprint density at radius 2 is 1.68 bits per heavy atom. The molecular weight excluding hydrogens is 414 g/mol. The molecule has 3 aromatic rings. The van der Waals surface area contributed by atoms with Crippen LogP contribution in [0.3, 0.4) is 0 Å². The van der Waals surface area contributed by atoms with E-state index < -0.39 is 0 Å². The number of halogens is 1. The van der Waals surface area contributed by atoms with Crippen molar-refractivity contribution in [2.75, 3.05) is 50.1 Å². The van der Waals surface area contributed by atoms with E-state index in [1.54, 1.807) is 24.3 Å². The number of carbonyl (C=O) groups is 1. The minimum Gasteiger partial charge on any atom is -0.484 e. The number of hydrogen-bond acceptors (Lipinski definition) is 6. The zero-order valence-electron chi connectivity index (χ0n) is 17.3. The normalized spacial score (nSPS) is 14.3. The van der Waals surface area contributed by atoms with Gasteiger partial charge in [-0.25, -0.2) is 0 Å². The molecule has 0 bridgehead atoms. The number of likely N-dealkylation sites (N-methyl/N-ethyl adjacent to an activating group) is 1. The van der Waals surface area contributed by atoms with E-state index in [9.17, 15) is 4.79 Å². The van der Waals surface area contributed by atoms with Crippen LogP contribution in [-0.2, 0) is 4.79 Å². The van der Waals surface area contributed by atoms with Crippen molar-refractivity contribution < 1.29 is 9.53 Å². The molecule has 2 heterocycles. The van der Waals surface area contributed by atoms with Crippen LogP contribution in [-0.4, -0.2) is 60.8 Å². The van der Waals surface area contributed by atoms with Gasteiger partial charge in [-0.1, -0.05) is 23.7 Å². The van der Waals surface area contributed by atoms with E-state index in [4.69, 9.17) is 16.3 Å². The standard InChI is InChI=1S/C23H24ClN5O2/c1-28-12-14-29(15-13-28)22-11-10-21(26-27-22)17-2-6-19(7-3-17)25-23(30)16-31-20-8-4-18(24)5-9-20/h2-11H,12-16H2,1H3,(H,25,30). The molecular formula is C23H24ClN5O2. The molecule has 1 aromatic heterocycles. The van der Waals surface area contributed by atoms with Crippen LogP contribution in [0.25, 0.3) is 11.3 Å². The highest BCUT2D eigenvalue weighted by molar-refractivity contribution is 6.30. The Kier molecular flexibility index (Phi) is 6.64. The Morgan fingerprint density at radius 3 is 2.32 bits per heavy atom. The number of carbonyl (C=O) groups excluding carboxylic acids is 1. The predicted octanol–water partition coefficient (Wildman–Crippen LogP) is 3.57. The van der Waals surface area contributed by atoms with Crippen LogP contribution in [0.1, 0.15) is 0 Å². The Morgan fingerprint density at radius 1 is 0.968 bits per heavy atom. The third kappa shape index (κ3) is 5.71. The molecule has 1 amide bonds. The molecule has 0 spiro atoms. The van der Waals surface area contributed by atoms with Gasteiger partial charge in [-0.15, -0.1) is 10.2 Å². The summed E-state index contributed by atoms with van der Waals surface area (Å²) in [4.78, 5) is 16.7. The monoisotopic (exact) mass is 437 g/mol. The van der Waals surface area contributed by atoms with Gasteiger partial charge in [0.25, 0.3) is 5.91 Å². The third-order valence-corrected chi connectivity index (χ3v) is 5.38. The number of piperazine rings is 1. The van der Waals surface area contributed by atoms with Crippen LogP contribution < -0.4 is 15.0 Å². The minimum absolute atomic E-state index is 0.0807. The lowest BCUT2D eigenvalue weighted by Gasteiger charge is -2.32. The summed E-state index contributed by atoms with van der Waals surface area (Å²) in [5, 5.41) is 12.2. The van der Waals surface area contributed by atoms with Crippen molar-refractivity contribution in [1.82, 2.24) is 15.1 Å². The molecule has 1 saturated heterocycles. The molecule has 7 nitrogen and oxygen atoms in total. The van der Waals surface area contributed by atoms with E-state index >= 15 is 0 Å². The molecule has 0 radical (unpaired) electrons. The summed E-state index contributed by atoms with van der Waals surface area (Å²) in [5.41, 5.74) is 2.42. The number of hydrogen-bond donors (Lipinski definition) is 1. The molecule has 1 aliphatic heterocycles. The number of nitrogens with one attached hydrogen (secondary N) is 1. The molecule has 4 rings (SSSR count). The van der Waals surface area contributed by atoms with E-state index in [0.717, 1.165) is 43.3 Å². The zero-order valence-corrected chi connectivity index (χ0v) is 18.0. The lowest BCUT2D eigenvalue weighted by Crippen LogP contribution is -2.44. The molecule has 2 aromatic carbocycles. The van der Waals surface area contributed by atoms with Crippen LogP contribution in [0.4, 0.5) is 11.5 Å². The van der Waals surface area contributed by atoms with Crippen LogP contribution in [0, 0.1) is 0 Å². The molecule has 8 heteroatoms. The number of aromatic nitrogens is 2. The van der Waals surface area contributed by atoms with Gasteiger partial charge in [-0.2, -0.15) is 0 Å². The number of amides is 1. The summed E-state index contributed by atoms with van der Waals surface area (Å²) in [6, 6.07) is 18.4. The van der Waals surface area contributed by atoms with Crippen LogP contribution in [0.15, 0.2) is 60.7 Å². The van der Waals surface area contributed by atoms with Gasteiger partial charge in [0.05, 0.1) is 5.69 Å². The van der Waals surface area contributed by atoms with Crippen molar-refractivity contribution in [2.45, 2.75) is 0 Å². The van der Waals surface area contributed by atoms with Crippen LogP contribution in [0.2, 0.25) is 5.02 Å². The fourth-order valence-electron chi connectivity index (χ4n) is 3.28. The average molecular weight is 438 g/mol. The van der Waals surface area contributed by atoms with Gasteiger partial charge in [-0.05, 0) is 55.6 Å². The Bertz CT molecular complexity index is 1000. The van der Waals surface area contributed by atoms with E-state index in [2.05, 4.69) is 32.4 Å². The highest BCUT2D eigenvalue weighted by Gasteiger charge is 2.15. The Hall–Kier alpha value is -3.16. The SMILES string of the molecule is CN1CCN(c2ccc(-c3ccc(NC(=O)COc4ccc(Cl)cc4)cc3)nn2)CC1. The lowest BCUT2D eigenvalue weighted by molar-refractivity contribution is -0.118. The second-order valence-electron chi connectivity index (χ2n) is 7.44. The topological polar surface area (TPSA) is 70.6 Å². The molecule has 31 heavy (non-hydrogen) atoms. The van der Waals surface area contributed by atoms with Crippen molar-refractivity contribution in [3.63, 3.8) is 0 Å². The summed E-state index contributed by atoms with van der Waals surface area (Å²) < 4.78 is 5.46. The third-order valence-electron chi connectivity index (χ3n) is 5.13. The van der Waals surface area contributed by atoms with E-state index in [0.29, 0.717) is 16.5 Å². The zero-order chi connectivity index (χ0) is 21.6. The average Bonchev–Trinajstić information content (AvgIpc) is 2.80. The second-order valence-corrected chi connectivity index (χ2v) is 7.87. The molecule has 160 valence electrons. The van der Waals surface area contributed by atoms with Gasteiger partial charge in [0.1, 0.15) is 5.75 Å². The molecule has 0 unspecified atom stereocenters. The number of nitrogens with zero attached hydrogens (tertiary/aromatic N) is 4. The first-order valence-corrected chi connectivity index (χ1v) is 10.5. The smallest absolute Gasteiger partial charge is 0.262 e. The maximum Gasteiger partial charge on any atom is 0.262 e. The number of benzene rings is 2. The van der Waals surface area contributed by atoms with Crippen molar-refractivity contribution in [3.8, 4) is 17.0 Å². The first kappa shape index (κ1) is 21.1. The fourth-order valence-corrected chi connectivity index (χ4v) is 3.41. The summed E-state index contributed by atoms with van der Waals surface area (Å²) >= 11 is 5.84. The fraction of sp³-hybridized carbons (Fsp3) is 0.261. The van der Waals surface area contributed by atoms with Gasteiger partial charge in [-0.3, -0.25) is 4.79 Å². The molecule has 1 N–H and O–H groups in total. The summed E-state index contributed by atoms with van der Waals surface area (Å²) in [6.45, 7) is 3.90. The van der Waals surface area contributed by atoms with Gasteiger partial charge in [0, 0.05) is 42.5 Å². The maximum absolute atomic E-state index is 12.1. The maximum atomic E-state index is 12.1. The van der Waals surface area contributed by atoms with Crippen molar-refractivity contribution >= 4 is 29.0 Å². The lowest BCUT2D eigenvalue weighted by atomic mass is 10.1. The first-order chi connectivity index (χ1) is 15.1. The largest absolute Gasteiger partial charge is 0.484 e. The van der Waals surface area contributed by atoms with Crippen LogP contribution in [0.5, 0.6) is 5.75 Å². The highest BCUT2D eigenvalue weighted by Crippen LogP contribution is 2.21. The van der Waals surface area contributed by atoms with Crippen LogP contribution >= 0.6 is 11.6 Å². The molecule has 0 atom stereocenters. The summed E-state index contributed by atoms with van der Waals surface area (Å²) in [7, 11) is 2.13. The van der Waals surface area contributed by atoms with E-state index in [1.807, 2.05) is 36.4 Å². The van der Waals surface area contributed by atoms with Crippen molar-refractivity contribution in [2.24, 2.45) is 0 Å². The molecule has 1 fully saturated rings. The highest BCUT2D eigenvalue weighted by atomic mass is 35.5. The van der Waals surface area contributed by atoms with E-state index in [-0.39, 0.29) is 12.5 Å².